The van der Waals surface area contributed by atoms with E-state index in [1.54, 1.807) is 0 Å². The van der Waals surface area contributed by atoms with E-state index in [4.69, 9.17) is 50.4 Å². The Labute approximate surface area is 284 Å². The molecule has 0 unspecified atom stereocenters. The first-order valence-corrected chi connectivity index (χ1v) is 16.8. The van der Waals surface area contributed by atoms with Crippen molar-refractivity contribution in [1.29, 1.82) is 0 Å². The summed E-state index contributed by atoms with van der Waals surface area (Å²) in [6.45, 7) is 6.61. The van der Waals surface area contributed by atoms with Crippen LogP contribution >= 0.6 is 0 Å². The third-order valence-corrected chi connectivity index (χ3v) is 7.46. The van der Waals surface area contributed by atoms with Crippen LogP contribution in [0, 0.1) is 11.6 Å². The van der Waals surface area contributed by atoms with Gasteiger partial charge in [-0.15, -0.1) is 0 Å². The monoisotopic (exact) mass is 717 g/mol. The van der Waals surface area contributed by atoms with Crippen LogP contribution in [0.3, 0.4) is 0 Å². The normalized spacial score (nSPS) is 11.9. The van der Waals surface area contributed by atoms with Crippen molar-refractivity contribution in [2.24, 2.45) is 22.2 Å². The van der Waals surface area contributed by atoms with E-state index in [1.165, 1.54) is 37.3 Å². The molecule has 0 fully saturated rings. The van der Waals surface area contributed by atoms with Crippen LogP contribution in [0.15, 0.2) is 51.9 Å². The Morgan fingerprint density at radius 1 is 0.776 bits per heavy atom. The average molecular weight is 718 g/mol. The molecule has 0 saturated carbocycles. The molecule has 1 amide bonds. The number of hydrogen-bond acceptors (Lipinski definition) is 11. The summed E-state index contributed by atoms with van der Waals surface area (Å²) in [7, 11) is -3.89. The van der Waals surface area contributed by atoms with E-state index >= 15 is 0 Å². The SMILES string of the molecule is CC(=Cc1cc(F)c(Oc2ccc(S(=O)(=O)NCCOCCOCCOCCOCCOCCOCCN)cc2)c(F)c1)C(=O)N=C(N)N. The zero-order chi connectivity index (χ0) is 35.9. The van der Waals surface area contributed by atoms with Crippen LogP contribution in [0.2, 0.25) is 0 Å². The third kappa shape index (κ3) is 17.6. The maximum atomic E-state index is 14.7. The van der Waals surface area contributed by atoms with E-state index in [9.17, 15) is 22.0 Å². The fraction of sp³-hybridized carbons (Fsp3) is 0.484. The van der Waals surface area contributed by atoms with E-state index in [0.717, 1.165) is 12.1 Å². The summed E-state index contributed by atoms with van der Waals surface area (Å²) in [4.78, 5) is 15.1. The van der Waals surface area contributed by atoms with Crippen LogP contribution in [0.25, 0.3) is 6.08 Å². The predicted octanol–water partition coefficient (Wildman–Crippen LogP) is 1.30. The molecule has 18 heteroatoms. The highest BCUT2D eigenvalue weighted by Gasteiger charge is 2.17. The molecular formula is C31H45F2N5O10S. The summed E-state index contributed by atoms with van der Waals surface area (Å²) in [6.07, 6.45) is 1.21. The van der Waals surface area contributed by atoms with Crippen molar-refractivity contribution in [2.45, 2.75) is 11.8 Å². The molecule has 0 bridgehead atoms. The lowest BCUT2D eigenvalue weighted by Gasteiger charge is -2.11. The average Bonchev–Trinajstić information content (AvgIpc) is 3.05. The second-order valence-corrected chi connectivity index (χ2v) is 11.7. The summed E-state index contributed by atoms with van der Waals surface area (Å²) in [6, 6.07) is 6.87. The summed E-state index contributed by atoms with van der Waals surface area (Å²) < 4.78 is 94.3. The Kier molecular flexibility index (Phi) is 20.1. The number of amides is 1. The van der Waals surface area contributed by atoms with Gasteiger partial charge in [0.1, 0.15) is 5.75 Å². The number of aliphatic imine (C=N–C) groups is 1. The number of guanidine groups is 1. The van der Waals surface area contributed by atoms with Crippen molar-refractivity contribution in [1.82, 2.24) is 4.72 Å². The molecule has 2 aromatic rings. The maximum Gasteiger partial charge on any atom is 0.275 e. The van der Waals surface area contributed by atoms with Crippen LogP contribution in [0.4, 0.5) is 8.78 Å². The van der Waals surface area contributed by atoms with Gasteiger partial charge in [0, 0.05) is 18.7 Å². The summed E-state index contributed by atoms with van der Waals surface area (Å²) in [5.74, 6) is -4.03. The number of ether oxygens (including phenoxy) is 7. The summed E-state index contributed by atoms with van der Waals surface area (Å²) in [5.41, 5.74) is 15.7. The standard InChI is InChI=1S/C31H45F2N5O10S/c1-23(30(39)38-31(35)36)20-24-21-27(32)29(28(33)22-24)48-25-2-4-26(5-3-25)49(40,41)37-7-9-43-11-13-45-15-17-47-19-18-46-16-14-44-12-10-42-8-6-34/h2-5,20-22,37H,6-19,34H2,1H3,(H4,35,36,38,39). The smallest absolute Gasteiger partial charge is 0.275 e. The second kappa shape index (κ2) is 23.7. The number of carbonyl (C=O) groups is 1. The highest BCUT2D eigenvalue weighted by molar-refractivity contribution is 7.89. The van der Waals surface area contributed by atoms with E-state index in [0.29, 0.717) is 72.6 Å². The number of rotatable bonds is 26. The summed E-state index contributed by atoms with van der Waals surface area (Å²) >= 11 is 0. The Bertz CT molecular complexity index is 1420. The molecule has 49 heavy (non-hydrogen) atoms. The molecule has 7 N–H and O–H groups in total. The molecule has 0 aromatic heterocycles. The highest BCUT2D eigenvalue weighted by Crippen LogP contribution is 2.30. The topological polar surface area (TPSA) is 218 Å². The third-order valence-electron chi connectivity index (χ3n) is 5.99. The van der Waals surface area contributed by atoms with Gasteiger partial charge < -0.3 is 50.4 Å². The van der Waals surface area contributed by atoms with Crippen molar-refractivity contribution in [3.05, 3.63) is 59.2 Å². The lowest BCUT2D eigenvalue weighted by atomic mass is 10.1. The fourth-order valence-electron chi connectivity index (χ4n) is 3.70. The molecular weight excluding hydrogens is 672 g/mol. The van der Waals surface area contributed by atoms with Crippen molar-refractivity contribution in [3.63, 3.8) is 0 Å². The van der Waals surface area contributed by atoms with E-state index < -0.39 is 39.3 Å². The number of benzene rings is 2. The first kappa shape index (κ1) is 41.6. The molecule has 0 spiro atoms. The van der Waals surface area contributed by atoms with Crippen LogP contribution in [-0.2, 0) is 43.2 Å². The molecule has 15 nitrogen and oxygen atoms in total. The van der Waals surface area contributed by atoms with Crippen LogP contribution in [0.1, 0.15) is 12.5 Å². The molecule has 0 atom stereocenters. The van der Waals surface area contributed by atoms with Gasteiger partial charge in [-0.25, -0.2) is 21.9 Å². The Morgan fingerprint density at radius 2 is 1.22 bits per heavy atom. The van der Waals surface area contributed by atoms with Gasteiger partial charge >= 0.3 is 0 Å². The number of sulfonamides is 1. The number of nitrogens with zero attached hydrogens (tertiary/aromatic N) is 1. The van der Waals surface area contributed by atoms with Crippen molar-refractivity contribution in [2.75, 3.05) is 92.4 Å². The van der Waals surface area contributed by atoms with Crippen molar-refractivity contribution in [3.8, 4) is 11.5 Å². The Hall–Kier alpha value is -3.59. The predicted molar refractivity (Wildman–Crippen MR) is 176 cm³/mol. The number of carbonyl (C=O) groups excluding carboxylic acids is 1. The van der Waals surface area contributed by atoms with Gasteiger partial charge in [-0.3, -0.25) is 4.79 Å². The van der Waals surface area contributed by atoms with E-state index in [2.05, 4.69) is 9.71 Å². The minimum atomic E-state index is -3.89. The number of nitrogens with two attached hydrogens (primary N) is 3. The fourth-order valence-corrected chi connectivity index (χ4v) is 4.71. The van der Waals surface area contributed by atoms with Gasteiger partial charge in [0.25, 0.3) is 5.91 Å². The first-order valence-electron chi connectivity index (χ1n) is 15.3. The van der Waals surface area contributed by atoms with Crippen LogP contribution < -0.4 is 26.7 Å². The van der Waals surface area contributed by atoms with Crippen molar-refractivity contribution >= 4 is 28.0 Å². The highest BCUT2D eigenvalue weighted by atomic mass is 32.2. The molecule has 2 rings (SSSR count). The minimum absolute atomic E-state index is 0.00501. The molecule has 0 saturated heterocycles. The van der Waals surface area contributed by atoms with Crippen LogP contribution in [-0.4, -0.2) is 113 Å². The number of hydrogen-bond donors (Lipinski definition) is 4. The molecule has 0 radical (unpaired) electrons. The summed E-state index contributed by atoms with van der Waals surface area (Å²) in [5, 5.41) is 0. The number of nitrogens with one attached hydrogen (secondary N) is 1. The molecule has 0 aliphatic rings. The Morgan fingerprint density at radius 3 is 1.67 bits per heavy atom. The zero-order valence-corrected chi connectivity index (χ0v) is 28.2. The van der Waals surface area contributed by atoms with Gasteiger partial charge in [-0.2, -0.15) is 4.99 Å². The largest absolute Gasteiger partial charge is 0.451 e. The molecule has 274 valence electrons. The van der Waals surface area contributed by atoms with Crippen molar-refractivity contribution < 1.29 is 55.2 Å². The van der Waals surface area contributed by atoms with Crippen LogP contribution in [0.5, 0.6) is 11.5 Å². The maximum absolute atomic E-state index is 14.7. The molecule has 0 heterocycles. The van der Waals surface area contributed by atoms with Gasteiger partial charge in [0.05, 0.1) is 84.2 Å². The Balaban J connectivity index is 1.60. The quantitative estimate of drug-likeness (QED) is 0.0468. The lowest BCUT2D eigenvalue weighted by molar-refractivity contribution is -0.114. The first-order chi connectivity index (χ1) is 23.5. The van der Waals surface area contributed by atoms with E-state index in [-0.39, 0.29) is 41.5 Å². The van der Waals surface area contributed by atoms with Gasteiger partial charge in [-0.1, -0.05) is 0 Å². The number of halogens is 2. The zero-order valence-electron chi connectivity index (χ0n) is 27.4. The minimum Gasteiger partial charge on any atom is -0.451 e. The molecule has 2 aromatic carbocycles. The second-order valence-electron chi connectivity index (χ2n) is 9.92. The lowest BCUT2D eigenvalue weighted by Crippen LogP contribution is -2.27. The van der Waals surface area contributed by atoms with E-state index in [1.807, 2.05) is 0 Å². The molecule has 0 aliphatic heterocycles. The van der Waals surface area contributed by atoms with Gasteiger partial charge in [0.2, 0.25) is 10.0 Å². The van der Waals surface area contributed by atoms with Gasteiger partial charge in [0.15, 0.2) is 23.3 Å². The molecule has 0 aliphatic carbocycles. The van der Waals surface area contributed by atoms with Gasteiger partial charge in [-0.05, 0) is 55.0 Å².